The van der Waals surface area contributed by atoms with Crippen molar-refractivity contribution in [2.24, 2.45) is 11.0 Å². The van der Waals surface area contributed by atoms with Crippen LogP contribution >= 0.6 is 34.8 Å². The number of nitrogens with zero attached hydrogens (tertiary/aromatic N) is 1. The molecule has 1 N–H and O–H groups in total. The van der Waals surface area contributed by atoms with Crippen molar-refractivity contribution in [3.05, 3.63) is 27.2 Å². The number of halogens is 3. The normalized spacial score (nSPS) is 20.0. The monoisotopic (exact) mass is 362 g/mol. The van der Waals surface area contributed by atoms with Crippen molar-refractivity contribution in [1.82, 2.24) is 5.43 Å². The summed E-state index contributed by atoms with van der Waals surface area (Å²) in [7, 11) is 0. The lowest BCUT2D eigenvalue weighted by atomic mass is 9.89. The highest BCUT2D eigenvalue weighted by Crippen LogP contribution is 2.33. The molecular weight excluding hydrogens is 347 g/mol. The van der Waals surface area contributed by atoms with Crippen molar-refractivity contribution in [1.29, 1.82) is 0 Å². The zero-order valence-electron chi connectivity index (χ0n) is 12.2. The minimum Gasteiger partial charge on any atom is -0.482 e. The average Bonchev–Trinajstić information content (AvgIpc) is 2.47. The predicted molar refractivity (Wildman–Crippen MR) is 90.2 cm³/mol. The predicted octanol–water partition coefficient (Wildman–Crippen LogP) is 4.71. The standard InChI is InChI=1S/C15H17Cl3N2O2/c1-9-3-2-4-10(5-9)19-20-15(21)8-22-14-7-12(17)11(16)6-13(14)18/h6-7,9H,2-5,8H2,1H3,(H,20,21)/b19-10-. The van der Waals surface area contributed by atoms with E-state index in [4.69, 9.17) is 39.5 Å². The molecule has 0 radical (unpaired) electrons. The molecule has 1 aliphatic rings. The Balaban J connectivity index is 1.85. The van der Waals surface area contributed by atoms with Gasteiger partial charge < -0.3 is 4.74 Å². The summed E-state index contributed by atoms with van der Waals surface area (Å²) in [5, 5.41) is 5.11. The topological polar surface area (TPSA) is 50.7 Å². The second kappa shape index (κ2) is 8.04. The fraction of sp³-hybridized carbons (Fsp3) is 0.467. The molecule has 0 bridgehead atoms. The number of amides is 1. The molecule has 1 amide bonds. The van der Waals surface area contributed by atoms with Gasteiger partial charge in [-0.1, -0.05) is 41.7 Å². The van der Waals surface area contributed by atoms with E-state index in [1.54, 1.807) is 0 Å². The van der Waals surface area contributed by atoms with E-state index in [-0.39, 0.29) is 12.5 Å². The van der Waals surface area contributed by atoms with Crippen molar-refractivity contribution < 1.29 is 9.53 Å². The maximum atomic E-state index is 11.8. The van der Waals surface area contributed by atoms with Crippen LogP contribution < -0.4 is 10.2 Å². The highest BCUT2D eigenvalue weighted by molar-refractivity contribution is 6.43. The van der Waals surface area contributed by atoms with E-state index in [9.17, 15) is 4.79 Å². The smallest absolute Gasteiger partial charge is 0.277 e. The first-order valence-corrected chi connectivity index (χ1v) is 8.20. The SMILES string of the molecule is CC1CCC/C(=N/NC(=O)COc2cc(Cl)c(Cl)cc2Cl)C1. The van der Waals surface area contributed by atoms with Gasteiger partial charge in [-0.25, -0.2) is 5.43 Å². The summed E-state index contributed by atoms with van der Waals surface area (Å²) in [6, 6.07) is 2.95. The Kier molecular flexibility index (Phi) is 6.36. The number of ether oxygens (including phenoxy) is 1. The third kappa shape index (κ3) is 5.04. The van der Waals surface area contributed by atoms with E-state index in [1.165, 1.54) is 18.6 Å². The molecule has 1 aromatic carbocycles. The number of hydrogen-bond acceptors (Lipinski definition) is 3. The molecule has 0 aromatic heterocycles. The summed E-state index contributed by atoms with van der Waals surface area (Å²) in [5.41, 5.74) is 3.54. The van der Waals surface area contributed by atoms with Gasteiger partial charge >= 0.3 is 0 Å². The second-order valence-corrected chi connectivity index (χ2v) is 6.62. The van der Waals surface area contributed by atoms with Crippen LogP contribution in [0.5, 0.6) is 5.75 Å². The molecule has 120 valence electrons. The Morgan fingerprint density at radius 1 is 1.32 bits per heavy atom. The molecule has 0 saturated heterocycles. The van der Waals surface area contributed by atoms with Gasteiger partial charge in [0.25, 0.3) is 5.91 Å². The van der Waals surface area contributed by atoms with Crippen LogP contribution in [-0.4, -0.2) is 18.2 Å². The third-order valence-corrected chi connectivity index (χ3v) is 4.44. The molecule has 4 nitrogen and oxygen atoms in total. The quantitative estimate of drug-likeness (QED) is 0.622. The fourth-order valence-corrected chi connectivity index (χ4v) is 2.89. The number of hydrazone groups is 1. The van der Waals surface area contributed by atoms with E-state index in [0.29, 0.717) is 26.7 Å². The maximum Gasteiger partial charge on any atom is 0.277 e. The van der Waals surface area contributed by atoms with Gasteiger partial charge in [0.2, 0.25) is 0 Å². The van der Waals surface area contributed by atoms with Gasteiger partial charge in [0.15, 0.2) is 6.61 Å². The molecule has 0 heterocycles. The van der Waals surface area contributed by atoms with Gasteiger partial charge in [0.05, 0.1) is 15.1 Å². The number of carbonyl (C=O) groups excluding carboxylic acids is 1. The molecule has 0 aliphatic heterocycles. The van der Waals surface area contributed by atoms with Crippen molar-refractivity contribution in [3.8, 4) is 5.75 Å². The molecular formula is C15H17Cl3N2O2. The largest absolute Gasteiger partial charge is 0.482 e. The van der Waals surface area contributed by atoms with Crippen LogP contribution in [-0.2, 0) is 4.79 Å². The molecule has 2 rings (SSSR count). The molecule has 1 saturated carbocycles. The molecule has 1 aliphatic carbocycles. The zero-order valence-corrected chi connectivity index (χ0v) is 14.4. The van der Waals surface area contributed by atoms with Crippen molar-refractivity contribution in [3.63, 3.8) is 0 Å². The van der Waals surface area contributed by atoms with Gasteiger partial charge in [0, 0.05) is 11.8 Å². The lowest BCUT2D eigenvalue weighted by molar-refractivity contribution is -0.123. The van der Waals surface area contributed by atoms with Crippen LogP contribution in [0.25, 0.3) is 0 Å². The number of benzene rings is 1. The van der Waals surface area contributed by atoms with Crippen LogP contribution in [0.15, 0.2) is 17.2 Å². The van der Waals surface area contributed by atoms with E-state index in [0.717, 1.165) is 25.0 Å². The summed E-state index contributed by atoms with van der Waals surface area (Å²) in [6.45, 7) is 2.00. The van der Waals surface area contributed by atoms with E-state index < -0.39 is 0 Å². The van der Waals surface area contributed by atoms with Crippen molar-refractivity contribution >= 4 is 46.4 Å². The number of nitrogens with one attached hydrogen (secondary N) is 1. The van der Waals surface area contributed by atoms with E-state index in [2.05, 4.69) is 17.5 Å². The summed E-state index contributed by atoms with van der Waals surface area (Å²) >= 11 is 17.7. The number of carbonyl (C=O) groups is 1. The average molecular weight is 364 g/mol. The first-order chi connectivity index (χ1) is 10.5. The van der Waals surface area contributed by atoms with Gasteiger partial charge in [-0.15, -0.1) is 0 Å². The maximum absolute atomic E-state index is 11.8. The highest BCUT2D eigenvalue weighted by atomic mass is 35.5. The number of hydrogen-bond donors (Lipinski definition) is 1. The number of rotatable bonds is 4. The molecule has 1 unspecified atom stereocenters. The van der Waals surface area contributed by atoms with Crippen LogP contribution in [0.1, 0.15) is 32.6 Å². The van der Waals surface area contributed by atoms with Crippen LogP contribution in [0.3, 0.4) is 0 Å². The van der Waals surface area contributed by atoms with Crippen LogP contribution in [0.2, 0.25) is 15.1 Å². The van der Waals surface area contributed by atoms with Crippen LogP contribution in [0.4, 0.5) is 0 Å². The van der Waals surface area contributed by atoms with E-state index >= 15 is 0 Å². The van der Waals surface area contributed by atoms with Gasteiger partial charge in [0.1, 0.15) is 5.75 Å². The lowest BCUT2D eigenvalue weighted by Crippen LogP contribution is -2.27. The second-order valence-electron chi connectivity index (χ2n) is 5.40. The van der Waals surface area contributed by atoms with Gasteiger partial charge in [-0.05, 0) is 37.7 Å². The Morgan fingerprint density at radius 3 is 2.77 bits per heavy atom. The van der Waals surface area contributed by atoms with Crippen LogP contribution in [0, 0.1) is 5.92 Å². The molecule has 0 spiro atoms. The lowest BCUT2D eigenvalue weighted by Gasteiger charge is -2.18. The van der Waals surface area contributed by atoms with Gasteiger partial charge in [-0.2, -0.15) is 5.10 Å². The molecule has 22 heavy (non-hydrogen) atoms. The fourth-order valence-electron chi connectivity index (χ4n) is 2.29. The minimum atomic E-state index is -0.340. The molecule has 1 atom stereocenters. The first-order valence-electron chi connectivity index (χ1n) is 7.07. The van der Waals surface area contributed by atoms with Crippen molar-refractivity contribution in [2.75, 3.05) is 6.61 Å². The Labute approximate surface area is 144 Å². The molecule has 1 aromatic rings. The zero-order chi connectivity index (χ0) is 16.1. The Hall–Kier alpha value is -0.970. The summed E-state index contributed by atoms with van der Waals surface area (Å²) < 4.78 is 5.34. The molecule has 1 fully saturated rings. The summed E-state index contributed by atoms with van der Waals surface area (Å²) in [4.78, 5) is 11.8. The molecule has 7 heteroatoms. The first kappa shape index (κ1) is 17.4. The van der Waals surface area contributed by atoms with Crippen molar-refractivity contribution in [2.45, 2.75) is 32.6 Å². The Morgan fingerprint density at radius 2 is 2.05 bits per heavy atom. The summed E-state index contributed by atoms with van der Waals surface area (Å²) in [6.07, 6.45) is 4.20. The minimum absolute atomic E-state index is 0.190. The third-order valence-electron chi connectivity index (χ3n) is 3.42. The van der Waals surface area contributed by atoms with E-state index in [1.807, 2.05) is 0 Å². The highest BCUT2D eigenvalue weighted by Gasteiger charge is 2.14. The van der Waals surface area contributed by atoms with Gasteiger partial charge in [-0.3, -0.25) is 4.79 Å². The Bertz CT molecular complexity index is 590. The summed E-state index contributed by atoms with van der Waals surface area (Å²) in [5.74, 6) is 0.591.